The van der Waals surface area contributed by atoms with Crippen LogP contribution in [0, 0.1) is 0 Å². The number of benzene rings is 1. The van der Waals surface area contributed by atoms with Crippen molar-refractivity contribution in [3.05, 3.63) is 30.3 Å². The van der Waals surface area contributed by atoms with E-state index >= 15 is 0 Å². The van der Waals surface area contributed by atoms with Crippen molar-refractivity contribution in [2.75, 3.05) is 18.1 Å². The van der Waals surface area contributed by atoms with E-state index in [0.717, 1.165) is 4.90 Å². The Balaban J connectivity index is 2.87. The summed E-state index contributed by atoms with van der Waals surface area (Å²) in [5.74, 6) is -1.09. The van der Waals surface area contributed by atoms with Gasteiger partial charge in [0.25, 0.3) is 0 Å². The van der Waals surface area contributed by atoms with Crippen LogP contribution in [-0.4, -0.2) is 30.3 Å². The maximum absolute atomic E-state index is 11.5. The molecule has 1 N–H and O–H groups in total. The second-order valence-corrected chi connectivity index (χ2v) is 3.01. The number of hydrogen-bond donors (Lipinski definition) is 1. The summed E-state index contributed by atoms with van der Waals surface area (Å²) in [6, 6.07) is 8.54. The van der Waals surface area contributed by atoms with Crippen molar-refractivity contribution in [1.29, 1.82) is 0 Å². The number of amides is 1. The summed E-state index contributed by atoms with van der Waals surface area (Å²) < 4.78 is 4.78. The van der Waals surface area contributed by atoms with Gasteiger partial charge in [0.15, 0.2) is 0 Å². The van der Waals surface area contributed by atoms with Crippen LogP contribution in [-0.2, 0) is 9.53 Å². The van der Waals surface area contributed by atoms with Crippen LogP contribution in [0.3, 0.4) is 0 Å². The number of nitrogens with zero attached hydrogens (tertiary/aromatic N) is 1. The summed E-state index contributed by atoms with van der Waals surface area (Å²) >= 11 is 0. The summed E-state index contributed by atoms with van der Waals surface area (Å²) in [7, 11) is 0. The molecular formula is C11H13NO4. The molecule has 0 fully saturated rings. The van der Waals surface area contributed by atoms with Gasteiger partial charge in [0.2, 0.25) is 0 Å². The molecule has 1 rings (SSSR count). The van der Waals surface area contributed by atoms with Gasteiger partial charge in [-0.2, -0.15) is 0 Å². The summed E-state index contributed by atoms with van der Waals surface area (Å²) in [5, 5.41) is 8.71. The van der Waals surface area contributed by atoms with Crippen molar-refractivity contribution in [2.45, 2.75) is 6.92 Å². The molecule has 0 aromatic heterocycles. The third-order valence-corrected chi connectivity index (χ3v) is 1.85. The predicted molar refractivity (Wildman–Crippen MR) is 58.4 cm³/mol. The molecule has 5 heteroatoms. The van der Waals surface area contributed by atoms with Crippen molar-refractivity contribution < 1.29 is 19.4 Å². The second-order valence-electron chi connectivity index (χ2n) is 3.01. The highest BCUT2D eigenvalue weighted by Gasteiger charge is 2.19. The number of carbonyl (C=O) groups is 2. The number of carboxylic acids is 1. The number of carboxylic acid groups (broad SMARTS) is 1. The lowest BCUT2D eigenvalue weighted by Crippen LogP contribution is -2.36. The fourth-order valence-electron chi connectivity index (χ4n) is 1.21. The molecule has 16 heavy (non-hydrogen) atoms. The summed E-state index contributed by atoms with van der Waals surface area (Å²) in [5.41, 5.74) is 0.503. The van der Waals surface area contributed by atoms with Gasteiger partial charge in [-0.25, -0.2) is 4.79 Å². The van der Waals surface area contributed by atoms with Gasteiger partial charge in [-0.1, -0.05) is 18.2 Å². The van der Waals surface area contributed by atoms with Crippen LogP contribution in [0.15, 0.2) is 30.3 Å². The summed E-state index contributed by atoms with van der Waals surface area (Å²) in [6.45, 7) is 1.46. The van der Waals surface area contributed by atoms with Crippen molar-refractivity contribution in [3.63, 3.8) is 0 Å². The van der Waals surface area contributed by atoms with Gasteiger partial charge >= 0.3 is 12.1 Å². The molecule has 5 nitrogen and oxygen atoms in total. The van der Waals surface area contributed by atoms with Crippen molar-refractivity contribution in [3.8, 4) is 0 Å². The standard InChI is InChI=1S/C11H13NO4/c1-2-16-11(15)12(8-10(13)14)9-6-4-3-5-7-9/h3-7H,2,8H2,1H3,(H,13,14). The number of carbonyl (C=O) groups excluding carboxylic acids is 1. The highest BCUT2D eigenvalue weighted by atomic mass is 16.6. The fourth-order valence-corrected chi connectivity index (χ4v) is 1.21. The number of hydrogen-bond acceptors (Lipinski definition) is 3. The Kier molecular flexibility index (Phi) is 4.32. The van der Waals surface area contributed by atoms with Gasteiger partial charge in [0.05, 0.1) is 6.61 Å². The normalized spacial score (nSPS) is 9.56. The van der Waals surface area contributed by atoms with Crippen LogP contribution < -0.4 is 4.90 Å². The zero-order chi connectivity index (χ0) is 12.0. The smallest absolute Gasteiger partial charge is 0.414 e. The predicted octanol–water partition coefficient (Wildman–Crippen LogP) is 1.73. The largest absolute Gasteiger partial charge is 0.480 e. The van der Waals surface area contributed by atoms with Gasteiger partial charge in [0, 0.05) is 5.69 Å². The van der Waals surface area contributed by atoms with Gasteiger partial charge < -0.3 is 9.84 Å². The Labute approximate surface area is 93.2 Å². The highest BCUT2D eigenvalue weighted by molar-refractivity contribution is 5.92. The van der Waals surface area contributed by atoms with E-state index in [-0.39, 0.29) is 6.61 Å². The van der Waals surface area contributed by atoms with E-state index in [4.69, 9.17) is 9.84 Å². The molecule has 86 valence electrons. The van der Waals surface area contributed by atoms with Crippen LogP contribution in [0.4, 0.5) is 10.5 Å². The highest BCUT2D eigenvalue weighted by Crippen LogP contribution is 2.14. The molecule has 1 aromatic rings. The molecular weight excluding hydrogens is 210 g/mol. The third-order valence-electron chi connectivity index (χ3n) is 1.85. The molecule has 0 atom stereocenters. The summed E-state index contributed by atoms with van der Waals surface area (Å²) in [6.07, 6.45) is -0.656. The van der Waals surface area contributed by atoms with E-state index < -0.39 is 18.6 Å². The van der Waals surface area contributed by atoms with E-state index in [1.54, 1.807) is 37.3 Å². The average Bonchev–Trinajstić information content (AvgIpc) is 2.27. The zero-order valence-electron chi connectivity index (χ0n) is 8.92. The first-order chi connectivity index (χ1) is 7.65. The number of para-hydroxylation sites is 1. The Hall–Kier alpha value is -2.04. The van der Waals surface area contributed by atoms with Gasteiger partial charge in [-0.3, -0.25) is 9.69 Å². The lowest BCUT2D eigenvalue weighted by Gasteiger charge is -2.19. The van der Waals surface area contributed by atoms with Gasteiger partial charge in [-0.15, -0.1) is 0 Å². The molecule has 0 aliphatic carbocycles. The molecule has 0 spiro atoms. The Morgan fingerprint density at radius 1 is 1.31 bits per heavy atom. The quantitative estimate of drug-likeness (QED) is 0.844. The minimum atomic E-state index is -1.09. The monoisotopic (exact) mass is 223 g/mol. The molecule has 0 saturated carbocycles. The molecule has 0 saturated heterocycles. The van der Waals surface area contributed by atoms with Crippen LogP contribution >= 0.6 is 0 Å². The zero-order valence-corrected chi connectivity index (χ0v) is 8.92. The first kappa shape index (κ1) is 12.0. The number of anilines is 1. The van der Waals surface area contributed by atoms with Gasteiger partial charge in [-0.05, 0) is 19.1 Å². The maximum atomic E-state index is 11.5. The maximum Gasteiger partial charge on any atom is 0.414 e. The molecule has 0 aliphatic rings. The van der Waals surface area contributed by atoms with Gasteiger partial charge in [0.1, 0.15) is 6.54 Å². The molecule has 0 heterocycles. The Bertz CT molecular complexity index is 364. The Morgan fingerprint density at radius 2 is 1.94 bits per heavy atom. The SMILES string of the molecule is CCOC(=O)N(CC(=O)O)c1ccccc1. The van der Waals surface area contributed by atoms with Crippen molar-refractivity contribution in [2.24, 2.45) is 0 Å². The second kappa shape index (κ2) is 5.75. The Morgan fingerprint density at radius 3 is 2.44 bits per heavy atom. The lowest BCUT2D eigenvalue weighted by atomic mass is 10.3. The molecule has 0 bridgehead atoms. The van der Waals surface area contributed by atoms with Crippen LogP contribution in [0.2, 0.25) is 0 Å². The molecule has 1 aromatic carbocycles. The molecule has 0 radical (unpaired) electrons. The first-order valence-electron chi connectivity index (χ1n) is 4.86. The lowest BCUT2D eigenvalue weighted by molar-refractivity contribution is -0.135. The van der Waals surface area contributed by atoms with Crippen LogP contribution in [0.1, 0.15) is 6.92 Å². The topological polar surface area (TPSA) is 66.8 Å². The van der Waals surface area contributed by atoms with Crippen LogP contribution in [0.5, 0.6) is 0 Å². The van der Waals surface area contributed by atoms with Crippen molar-refractivity contribution in [1.82, 2.24) is 0 Å². The number of ether oxygens (including phenoxy) is 1. The number of rotatable bonds is 4. The van der Waals surface area contributed by atoms with E-state index in [0.29, 0.717) is 5.69 Å². The summed E-state index contributed by atoms with van der Waals surface area (Å²) in [4.78, 5) is 23.2. The van der Waals surface area contributed by atoms with E-state index in [1.165, 1.54) is 0 Å². The molecule has 0 unspecified atom stereocenters. The third kappa shape index (κ3) is 3.27. The molecule has 0 aliphatic heterocycles. The minimum Gasteiger partial charge on any atom is -0.480 e. The first-order valence-corrected chi connectivity index (χ1v) is 4.86. The molecule has 1 amide bonds. The van der Waals surface area contributed by atoms with E-state index in [2.05, 4.69) is 0 Å². The van der Waals surface area contributed by atoms with E-state index in [9.17, 15) is 9.59 Å². The fraction of sp³-hybridized carbons (Fsp3) is 0.273. The number of aliphatic carboxylic acids is 1. The minimum absolute atomic E-state index is 0.210. The van der Waals surface area contributed by atoms with Crippen LogP contribution in [0.25, 0.3) is 0 Å². The van der Waals surface area contributed by atoms with E-state index in [1.807, 2.05) is 0 Å². The van der Waals surface area contributed by atoms with Crippen molar-refractivity contribution >= 4 is 17.7 Å². The average molecular weight is 223 g/mol.